The van der Waals surface area contributed by atoms with Gasteiger partial charge in [-0.15, -0.1) is 10.2 Å². The molecule has 1 atom stereocenters. The first-order valence-corrected chi connectivity index (χ1v) is 9.98. The topological polar surface area (TPSA) is 68.5 Å². The van der Waals surface area contributed by atoms with Gasteiger partial charge in [0, 0.05) is 17.5 Å². The summed E-state index contributed by atoms with van der Waals surface area (Å²) in [7, 11) is 0. The van der Waals surface area contributed by atoms with Gasteiger partial charge in [0.15, 0.2) is 0 Å². The zero-order chi connectivity index (χ0) is 20.0. The molecule has 0 N–H and O–H groups in total. The van der Waals surface area contributed by atoms with E-state index in [2.05, 4.69) is 22.3 Å². The van der Waals surface area contributed by atoms with E-state index in [0.29, 0.717) is 11.8 Å². The van der Waals surface area contributed by atoms with Crippen LogP contribution in [-0.2, 0) is 4.74 Å². The molecule has 0 bridgehead atoms. The Morgan fingerprint density at radius 1 is 0.966 bits per heavy atom. The third kappa shape index (κ3) is 3.09. The van der Waals surface area contributed by atoms with Crippen LogP contribution in [0, 0.1) is 0 Å². The predicted molar refractivity (Wildman–Crippen MR) is 107 cm³/mol. The van der Waals surface area contributed by atoms with Gasteiger partial charge in [0.1, 0.15) is 5.60 Å². The summed E-state index contributed by atoms with van der Waals surface area (Å²) in [6, 6.07) is 19.8. The maximum absolute atomic E-state index is 12.7. The summed E-state index contributed by atoms with van der Waals surface area (Å²) >= 11 is 0. The van der Waals surface area contributed by atoms with Gasteiger partial charge in [-0.1, -0.05) is 48.5 Å². The minimum absolute atomic E-state index is 0.103. The van der Waals surface area contributed by atoms with E-state index in [0.717, 1.165) is 24.0 Å². The molecule has 2 heterocycles. The molecular formula is C23H23N3O3. The molecule has 1 aliphatic heterocycles. The molecule has 1 aliphatic carbocycles. The Kier molecular flexibility index (Phi) is 4.15. The zero-order valence-corrected chi connectivity index (χ0v) is 16.5. The third-order valence-corrected chi connectivity index (χ3v) is 5.93. The minimum atomic E-state index is -0.575. The lowest BCUT2D eigenvalue weighted by atomic mass is 9.77. The van der Waals surface area contributed by atoms with Crippen molar-refractivity contribution in [3.05, 3.63) is 72.1 Å². The third-order valence-electron chi connectivity index (χ3n) is 5.93. The van der Waals surface area contributed by atoms with Crippen molar-refractivity contribution in [2.45, 2.75) is 50.3 Å². The van der Waals surface area contributed by atoms with E-state index < -0.39 is 5.60 Å². The second-order valence-corrected chi connectivity index (χ2v) is 8.33. The van der Waals surface area contributed by atoms with Gasteiger partial charge in [-0.05, 0) is 44.4 Å². The van der Waals surface area contributed by atoms with E-state index in [1.807, 2.05) is 67.3 Å². The standard InChI is InChI=1S/C23H23N3O3/c1-23(2)19(15-9-5-3-6-10-15)26(22(27)29-23)18-13-17(14-18)21-25-24-20(28-21)16-11-7-4-8-12-16/h3-12,17-19H,13-14H2,1-2H3/t17?,18?,19-/m0/s1. The molecule has 2 aromatic carbocycles. The molecular weight excluding hydrogens is 366 g/mol. The van der Waals surface area contributed by atoms with Crippen LogP contribution < -0.4 is 0 Å². The van der Waals surface area contributed by atoms with Crippen LogP contribution in [0.2, 0.25) is 0 Å². The summed E-state index contributed by atoms with van der Waals surface area (Å²) in [5.74, 6) is 1.34. The van der Waals surface area contributed by atoms with E-state index in [9.17, 15) is 4.79 Å². The molecule has 148 valence electrons. The highest BCUT2D eigenvalue weighted by Crippen LogP contribution is 2.49. The maximum atomic E-state index is 12.7. The van der Waals surface area contributed by atoms with Crippen molar-refractivity contribution in [1.82, 2.24) is 15.1 Å². The normalized spacial score (nSPS) is 25.5. The minimum Gasteiger partial charge on any atom is -0.441 e. The van der Waals surface area contributed by atoms with Crippen LogP contribution >= 0.6 is 0 Å². The molecule has 1 saturated carbocycles. The van der Waals surface area contributed by atoms with Crippen LogP contribution in [-0.4, -0.2) is 32.8 Å². The predicted octanol–water partition coefficient (Wildman–Crippen LogP) is 4.95. The lowest BCUT2D eigenvalue weighted by Gasteiger charge is -2.42. The second-order valence-electron chi connectivity index (χ2n) is 8.33. The number of amides is 1. The molecule has 0 unspecified atom stereocenters. The van der Waals surface area contributed by atoms with Crippen molar-refractivity contribution in [3.8, 4) is 11.5 Å². The zero-order valence-electron chi connectivity index (χ0n) is 16.5. The second kappa shape index (κ2) is 6.72. The summed E-state index contributed by atoms with van der Waals surface area (Å²) in [5, 5.41) is 8.44. The SMILES string of the molecule is CC1(C)OC(=O)N(C2CC(c3nnc(-c4ccccc4)o3)C2)[C@H]1c1ccccc1. The Bertz CT molecular complexity index is 1010. The molecule has 1 aromatic heterocycles. The Balaban J connectivity index is 1.33. The highest BCUT2D eigenvalue weighted by molar-refractivity contribution is 5.72. The number of hydrogen-bond acceptors (Lipinski definition) is 5. The molecule has 2 fully saturated rings. The smallest absolute Gasteiger partial charge is 0.411 e. The molecule has 0 spiro atoms. The van der Waals surface area contributed by atoms with Crippen molar-refractivity contribution in [3.63, 3.8) is 0 Å². The van der Waals surface area contributed by atoms with E-state index in [-0.39, 0.29) is 24.1 Å². The summed E-state index contributed by atoms with van der Waals surface area (Å²) in [5.41, 5.74) is 1.43. The number of cyclic esters (lactones) is 1. The summed E-state index contributed by atoms with van der Waals surface area (Å²) in [4.78, 5) is 14.6. The van der Waals surface area contributed by atoms with Crippen molar-refractivity contribution in [2.75, 3.05) is 0 Å². The van der Waals surface area contributed by atoms with E-state index >= 15 is 0 Å². The number of ether oxygens (including phenoxy) is 1. The molecule has 29 heavy (non-hydrogen) atoms. The number of carbonyl (C=O) groups is 1. The lowest BCUT2D eigenvalue weighted by Crippen LogP contribution is -2.47. The first kappa shape index (κ1) is 17.9. The fourth-order valence-electron chi connectivity index (χ4n) is 4.44. The van der Waals surface area contributed by atoms with Crippen LogP contribution in [0.25, 0.3) is 11.5 Å². The number of hydrogen-bond donors (Lipinski definition) is 0. The maximum Gasteiger partial charge on any atom is 0.411 e. The highest BCUT2D eigenvalue weighted by atomic mass is 16.6. The number of nitrogens with zero attached hydrogens (tertiary/aromatic N) is 3. The summed E-state index contributed by atoms with van der Waals surface area (Å²) < 4.78 is 11.6. The molecule has 6 nitrogen and oxygen atoms in total. The fourth-order valence-corrected chi connectivity index (χ4v) is 4.44. The van der Waals surface area contributed by atoms with Crippen LogP contribution in [0.5, 0.6) is 0 Å². The molecule has 1 saturated heterocycles. The molecule has 6 heteroatoms. The molecule has 5 rings (SSSR count). The number of rotatable bonds is 4. The van der Waals surface area contributed by atoms with E-state index in [1.54, 1.807) is 0 Å². The molecule has 2 aliphatic rings. The van der Waals surface area contributed by atoms with Crippen LogP contribution in [0.3, 0.4) is 0 Å². The van der Waals surface area contributed by atoms with Crippen LogP contribution in [0.4, 0.5) is 4.79 Å². The van der Waals surface area contributed by atoms with Gasteiger partial charge in [0.05, 0.1) is 6.04 Å². The fraction of sp³-hybridized carbons (Fsp3) is 0.348. The Hall–Kier alpha value is -3.15. The molecule has 1 amide bonds. The van der Waals surface area contributed by atoms with Crippen LogP contribution in [0.1, 0.15) is 50.1 Å². The van der Waals surface area contributed by atoms with Gasteiger partial charge >= 0.3 is 6.09 Å². The van der Waals surface area contributed by atoms with Crippen molar-refractivity contribution in [1.29, 1.82) is 0 Å². The van der Waals surface area contributed by atoms with Crippen molar-refractivity contribution in [2.24, 2.45) is 0 Å². The van der Waals surface area contributed by atoms with Gasteiger partial charge in [-0.2, -0.15) is 0 Å². The Morgan fingerprint density at radius 2 is 1.62 bits per heavy atom. The Labute approximate surface area is 169 Å². The molecule has 3 aromatic rings. The van der Waals surface area contributed by atoms with Gasteiger partial charge in [-0.3, -0.25) is 4.90 Å². The first-order valence-electron chi connectivity index (χ1n) is 9.98. The Morgan fingerprint density at radius 3 is 2.31 bits per heavy atom. The summed E-state index contributed by atoms with van der Waals surface area (Å²) in [6.07, 6.45) is 1.35. The number of aromatic nitrogens is 2. The molecule has 0 radical (unpaired) electrons. The number of benzene rings is 2. The van der Waals surface area contributed by atoms with Gasteiger partial charge in [-0.25, -0.2) is 4.79 Å². The quantitative estimate of drug-likeness (QED) is 0.631. The van der Waals surface area contributed by atoms with Crippen LogP contribution in [0.15, 0.2) is 65.1 Å². The average Bonchev–Trinajstić information content (AvgIpc) is 3.25. The van der Waals surface area contributed by atoms with Crippen molar-refractivity contribution < 1.29 is 13.9 Å². The number of carbonyl (C=O) groups excluding carboxylic acids is 1. The average molecular weight is 389 g/mol. The first-order chi connectivity index (χ1) is 14.0. The van der Waals surface area contributed by atoms with E-state index in [1.165, 1.54) is 0 Å². The monoisotopic (exact) mass is 389 g/mol. The van der Waals surface area contributed by atoms with Crippen molar-refractivity contribution >= 4 is 6.09 Å². The van der Waals surface area contributed by atoms with E-state index in [4.69, 9.17) is 9.15 Å². The van der Waals surface area contributed by atoms with Gasteiger partial charge in [0.2, 0.25) is 11.8 Å². The van der Waals surface area contributed by atoms with Gasteiger partial charge in [0.25, 0.3) is 0 Å². The summed E-state index contributed by atoms with van der Waals surface area (Å²) in [6.45, 7) is 3.95. The largest absolute Gasteiger partial charge is 0.441 e. The highest BCUT2D eigenvalue weighted by Gasteiger charge is 2.54. The van der Waals surface area contributed by atoms with Gasteiger partial charge < -0.3 is 9.15 Å². The lowest BCUT2D eigenvalue weighted by molar-refractivity contribution is 0.0641.